The fourth-order valence-electron chi connectivity index (χ4n) is 1.53. The van der Waals surface area contributed by atoms with Crippen molar-refractivity contribution >= 4 is 5.97 Å². The minimum Gasteiger partial charge on any atom is -0.465 e. The van der Waals surface area contributed by atoms with Crippen LogP contribution in [0.5, 0.6) is 0 Å². The summed E-state index contributed by atoms with van der Waals surface area (Å²) in [4.78, 5) is 11.8. The molecule has 0 aromatic rings. The molecule has 0 bridgehead atoms. The standard InChI is InChI=1S/C12H19NO2/c1-5-8-10(4)12(6-2,9-13)11(14)15-7-3/h8H,5-7H2,1-4H3/b10-8-/t12-/m1/s1. The van der Waals surface area contributed by atoms with Gasteiger partial charge in [-0.3, -0.25) is 0 Å². The Morgan fingerprint density at radius 3 is 2.40 bits per heavy atom. The number of rotatable bonds is 5. The van der Waals surface area contributed by atoms with Crippen LogP contribution in [0, 0.1) is 16.7 Å². The number of ether oxygens (including phenoxy) is 1. The zero-order valence-electron chi connectivity index (χ0n) is 9.96. The van der Waals surface area contributed by atoms with Crippen LogP contribution in [0.15, 0.2) is 11.6 Å². The van der Waals surface area contributed by atoms with Crippen LogP contribution in [0.1, 0.15) is 40.5 Å². The average Bonchev–Trinajstić information content (AvgIpc) is 2.21. The number of nitrogens with zero attached hydrogens (tertiary/aromatic N) is 1. The average molecular weight is 209 g/mol. The van der Waals surface area contributed by atoms with E-state index in [0.717, 1.165) is 12.0 Å². The third-order valence-corrected chi connectivity index (χ3v) is 2.53. The van der Waals surface area contributed by atoms with Crippen LogP contribution in [0.4, 0.5) is 0 Å². The molecule has 0 aliphatic heterocycles. The van der Waals surface area contributed by atoms with Crippen molar-refractivity contribution in [2.45, 2.75) is 40.5 Å². The Balaban J connectivity index is 5.15. The van der Waals surface area contributed by atoms with Gasteiger partial charge in [-0.05, 0) is 32.3 Å². The molecule has 0 aliphatic carbocycles. The monoisotopic (exact) mass is 209 g/mol. The van der Waals surface area contributed by atoms with Crippen LogP contribution in [-0.2, 0) is 9.53 Å². The minimum atomic E-state index is -1.09. The van der Waals surface area contributed by atoms with Crippen molar-refractivity contribution in [3.63, 3.8) is 0 Å². The maximum atomic E-state index is 11.8. The van der Waals surface area contributed by atoms with E-state index < -0.39 is 11.4 Å². The van der Waals surface area contributed by atoms with E-state index in [1.54, 1.807) is 6.92 Å². The van der Waals surface area contributed by atoms with E-state index in [-0.39, 0.29) is 0 Å². The summed E-state index contributed by atoms with van der Waals surface area (Å²) in [5.41, 5.74) is -0.306. The zero-order chi connectivity index (χ0) is 11.9. The summed E-state index contributed by atoms with van der Waals surface area (Å²) >= 11 is 0. The van der Waals surface area contributed by atoms with Gasteiger partial charge in [-0.25, -0.2) is 4.79 Å². The van der Waals surface area contributed by atoms with Gasteiger partial charge in [-0.2, -0.15) is 5.26 Å². The van der Waals surface area contributed by atoms with Crippen molar-refractivity contribution in [3.05, 3.63) is 11.6 Å². The van der Waals surface area contributed by atoms with Crippen molar-refractivity contribution in [1.29, 1.82) is 5.26 Å². The normalized spacial score (nSPS) is 15.3. The second-order valence-corrected chi connectivity index (χ2v) is 3.39. The molecule has 0 spiro atoms. The van der Waals surface area contributed by atoms with Gasteiger partial charge in [0.2, 0.25) is 0 Å². The summed E-state index contributed by atoms with van der Waals surface area (Å²) in [7, 11) is 0. The van der Waals surface area contributed by atoms with Crippen LogP contribution >= 0.6 is 0 Å². The topological polar surface area (TPSA) is 50.1 Å². The maximum Gasteiger partial charge on any atom is 0.330 e. The van der Waals surface area contributed by atoms with Gasteiger partial charge in [0.15, 0.2) is 5.41 Å². The highest BCUT2D eigenvalue weighted by Crippen LogP contribution is 2.32. The Labute approximate surface area is 91.7 Å². The molecule has 0 amide bonds. The molecule has 1 atom stereocenters. The van der Waals surface area contributed by atoms with E-state index in [1.807, 2.05) is 26.8 Å². The Kier molecular flexibility index (Phi) is 5.69. The SMILES string of the molecule is CC/C=C(/C)[C@](C#N)(CC)C(=O)OCC. The van der Waals surface area contributed by atoms with E-state index in [2.05, 4.69) is 6.07 Å². The Hall–Kier alpha value is -1.30. The molecular weight excluding hydrogens is 190 g/mol. The highest BCUT2D eigenvalue weighted by atomic mass is 16.5. The molecule has 0 N–H and O–H groups in total. The predicted octanol–water partition coefficient (Wildman–Crippen LogP) is 2.83. The Morgan fingerprint density at radius 2 is 2.07 bits per heavy atom. The molecule has 0 aromatic heterocycles. The first kappa shape index (κ1) is 13.7. The van der Waals surface area contributed by atoms with Crippen molar-refractivity contribution in [2.24, 2.45) is 5.41 Å². The molecule has 0 fully saturated rings. The lowest BCUT2D eigenvalue weighted by Crippen LogP contribution is -2.32. The predicted molar refractivity (Wildman–Crippen MR) is 59.0 cm³/mol. The number of esters is 1. The van der Waals surface area contributed by atoms with E-state index >= 15 is 0 Å². The molecule has 0 heterocycles. The van der Waals surface area contributed by atoms with Crippen LogP contribution in [-0.4, -0.2) is 12.6 Å². The molecule has 0 saturated carbocycles. The molecule has 0 rings (SSSR count). The van der Waals surface area contributed by atoms with Crippen molar-refractivity contribution in [2.75, 3.05) is 6.61 Å². The molecule has 3 heteroatoms. The maximum absolute atomic E-state index is 11.8. The molecule has 0 aromatic carbocycles. The Morgan fingerprint density at radius 1 is 1.47 bits per heavy atom. The number of carbonyl (C=O) groups is 1. The molecule has 3 nitrogen and oxygen atoms in total. The summed E-state index contributed by atoms with van der Waals surface area (Å²) in [6.07, 6.45) is 3.17. The first-order valence-electron chi connectivity index (χ1n) is 5.34. The van der Waals surface area contributed by atoms with Crippen LogP contribution in [0.2, 0.25) is 0 Å². The van der Waals surface area contributed by atoms with E-state index in [9.17, 15) is 10.1 Å². The van der Waals surface area contributed by atoms with E-state index in [4.69, 9.17) is 4.74 Å². The lowest BCUT2D eigenvalue weighted by Gasteiger charge is -2.23. The molecule has 0 unspecified atom stereocenters. The number of hydrogen-bond acceptors (Lipinski definition) is 3. The summed E-state index contributed by atoms with van der Waals surface area (Å²) < 4.78 is 4.95. The lowest BCUT2D eigenvalue weighted by molar-refractivity contribution is -0.150. The van der Waals surface area contributed by atoms with E-state index in [0.29, 0.717) is 13.0 Å². The number of nitriles is 1. The molecule has 84 valence electrons. The number of carbonyl (C=O) groups excluding carboxylic acids is 1. The van der Waals surface area contributed by atoms with Gasteiger partial charge < -0.3 is 4.74 Å². The van der Waals surface area contributed by atoms with Crippen molar-refractivity contribution in [1.82, 2.24) is 0 Å². The van der Waals surface area contributed by atoms with Gasteiger partial charge in [0.25, 0.3) is 0 Å². The first-order chi connectivity index (χ1) is 7.08. The third-order valence-electron chi connectivity index (χ3n) is 2.53. The molecular formula is C12H19NO2. The third kappa shape index (κ3) is 2.82. The van der Waals surface area contributed by atoms with Gasteiger partial charge in [-0.15, -0.1) is 0 Å². The van der Waals surface area contributed by atoms with Crippen LogP contribution in [0.25, 0.3) is 0 Å². The molecule has 0 radical (unpaired) electrons. The van der Waals surface area contributed by atoms with Crippen molar-refractivity contribution < 1.29 is 9.53 Å². The number of allylic oxidation sites excluding steroid dienone is 1. The second-order valence-electron chi connectivity index (χ2n) is 3.39. The van der Waals surface area contributed by atoms with E-state index in [1.165, 1.54) is 0 Å². The fraction of sp³-hybridized carbons (Fsp3) is 0.667. The highest BCUT2D eigenvalue weighted by Gasteiger charge is 2.40. The van der Waals surface area contributed by atoms with Crippen LogP contribution in [0.3, 0.4) is 0 Å². The zero-order valence-corrected chi connectivity index (χ0v) is 9.96. The summed E-state index contributed by atoms with van der Waals surface area (Å²) in [6.45, 7) is 7.67. The molecule has 0 aliphatic rings. The van der Waals surface area contributed by atoms with Crippen LogP contribution < -0.4 is 0 Å². The number of hydrogen-bond donors (Lipinski definition) is 0. The second kappa shape index (κ2) is 6.23. The fourth-order valence-corrected chi connectivity index (χ4v) is 1.53. The summed E-state index contributed by atoms with van der Waals surface area (Å²) in [5, 5.41) is 9.18. The molecule has 15 heavy (non-hydrogen) atoms. The van der Waals surface area contributed by atoms with Gasteiger partial charge in [0.1, 0.15) is 0 Å². The summed E-state index contributed by atoms with van der Waals surface area (Å²) in [5.74, 6) is -0.433. The van der Waals surface area contributed by atoms with Gasteiger partial charge in [0, 0.05) is 0 Å². The molecule has 0 saturated heterocycles. The first-order valence-corrected chi connectivity index (χ1v) is 5.34. The minimum absolute atomic E-state index is 0.307. The van der Waals surface area contributed by atoms with Crippen molar-refractivity contribution in [3.8, 4) is 6.07 Å². The lowest BCUT2D eigenvalue weighted by atomic mass is 9.79. The smallest absolute Gasteiger partial charge is 0.330 e. The summed E-state index contributed by atoms with van der Waals surface area (Å²) in [6, 6.07) is 2.09. The highest BCUT2D eigenvalue weighted by molar-refractivity contribution is 5.83. The van der Waals surface area contributed by atoms with Gasteiger partial charge in [0.05, 0.1) is 12.7 Å². The van der Waals surface area contributed by atoms with Gasteiger partial charge >= 0.3 is 5.97 Å². The Bertz CT molecular complexity index is 288. The van der Waals surface area contributed by atoms with Gasteiger partial charge in [-0.1, -0.05) is 19.9 Å². The quantitative estimate of drug-likeness (QED) is 0.516. The largest absolute Gasteiger partial charge is 0.465 e.